The summed E-state index contributed by atoms with van der Waals surface area (Å²) in [6, 6.07) is 9.52. The van der Waals surface area contributed by atoms with Gasteiger partial charge in [-0.1, -0.05) is 36.4 Å². The standard InChI is InChI=1S/C29H40O12/c1-8-14-34-22-16(2)36-28(33-7)26(35-15-21-12-10-9-11-13-21)24(22)41-29-27(40-20(6)32)25(39-19(5)31)23(17(3)37-29)38-18(4)30/h8-13,16-17,22-29H,1,14-15H2,2-7H3/t16-,17-,22-,23-,24+,25+,26+,27+,28+,29-/m0/s1. The number of hydrogen-bond donors (Lipinski definition) is 0. The van der Waals surface area contributed by atoms with Crippen LogP contribution in [0.2, 0.25) is 0 Å². The lowest BCUT2D eigenvalue weighted by molar-refractivity contribution is -0.361. The maximum Gasteiger partial charge on any atom is 0.303 e. The van der Waals surface area contributed by atoms with Crippen molar-refractivity contribution in [1.29, 1.82) is 0 Å². The van der Waals surface area contributed by atoms with Crippen LogP contribution in [0.4, 0.5) is 0 Å². The highest BCUT2D eigenvalue weighted by Gasteiger charge is 2.55. The van der Waals surface area contributed by atoms with E-state index in [4.69, 9.17) is 42.6 Å². The number of methoxy groups -OCH3 is 1. The van der Waals surface area contributed by atoms with E-state index in [0.717, 1.165) is 5.56 Å². The summed E-state index contributed by atoms with van der Waals surface area (Å²) in [5.41, 5.74) is 0.905. The van der Waals surface area contributed by atoms with Gasteiger partial charge in [-0.2, -0.15) is 0 Å². The summed E-state index contributed by atoms with van der Waals surface area (Å²) in [4.78, 5) is 36.1. The van der Waals surface area contributed by atoms with Crippen LogP contribution < -0.4 is 0 Å². The van der Waals surface area contributed by atoms with E-state index in [1.165, 1.54) is 27.9 Å². The van der Waals surface area contributed by atoms with Crippen LogP contribution in [0.5, 0.6) is 0 Å². The van der Waals surface area contributed by atoms with Gasteiger partial charge in [0.1, 0.15) is 18.3 Å². The van der Waals surface area contributed by atoms with Crippen LogP contribution in [-0.2, 0) is 63.6 Å². The Balaban J connectivity index is 1.99. The minimum absolute atomic E-state index is 0.182. The van der Waals surface area contributed by atoms with Crippen LogP contribution in [0.15, 0.2) is 43.0 Å². The third-order valence-corrected chi connectivity index (χ3v) is 6.58. The molecular formula is C29H40O12. The van der Waals surface area contributed by atoms with Crippen molar-refractivity contribution in [2.75, 3.05) is 13.7 Å². The molecule has 1 aromatic carbocycles. The first-order valence-corrected chi connectivity index (χ1v) is 13.4. The molecule has 0 spiro atoms. The molecule has 0 N–H and O–H groups in total. The van der Waals surface area contributed by atoms with E-state index in [-0.39, 0.29) is 13.2 Å². The molecule has 1 aromatic rings. The first-order chi connectivity index (χ1) is 19.5. The number of rotatable bonds is 12. The zero-order valence-corrected chi connectivity index (χ0v) is 24.3. The Hall–Kier alpha value is -2.87. The largest absolute Gasteiger partial charge is 0.456 e. The van der Waals surface area contributed by atoms with Crippen LogP contribution in [0.3, 0.4) is 0 Å². The van der Waals surface area contributed by atoms with Crippen molar-refractivity contribution in [3.05, 3.63) is 48.6 Å². The van der Waals surface area contributed by atoms with Gasteiger partial charge in [0.2, 0.25) is 0 Å². The summed E-state index contributed by atoms with van der Waals surface area (Å²) in [5.74, 6) is -1.99. The van der Waals surface area contributed by atoms with Crippen LogP contribution >= 0.6 is 0 Å². The molecule has 0 aliphatic carbocycles. The summed E-state index contributed by atoms with van der Waals surface area (Å²) in [7, 11) is 1.49. The van der Waals surface area contributed by atoms with Crippen molar-refractivity contribution >= 4 is 17.9 Å². The number of carbonyl (C=O) groups excluding carboxylic acids is 3. The number of carbonyl (C=O) groups is 3. The van der Waals surface area contributed by atoms with Crippen molar-refractivity contribution < 1.29 is 57.0 Å². The molecule has 2 aliphatic rings. The van der Waals surface area contributed by atoms with Gasteiger partial charge >= 0.3 is 17.9 Å². The lowest BCUT2D eigenvalue weighted by Crippen LogP contribution is -2.65. The fraction of sp³-hybridized carbons (Fsp3) is 0.621. The molecule has 228 valence electrons. The molecule has 2 saturated heterocycles. The first-order valence-electron chi connectivity index (χ1n) is 13.4. The summed E-state index contributed by atoms with van der Waals surface area (Å²) in [6.45, 7) is 11.1. The highest BCUT2D eigenvalue weighted by Crippen LogP contribution is 2.35. The fourth-order valence-electron chi connectivity index (χ4n) is 4.90. The van der Waals surface area contributed by atoms with Crippen molar-refractivity contribution in [3.63, 3.8) is 0 Å². The van der Waals surface area contributed by atoms with Crippen LogP contribution in [0.25, 0.3) is 0 Å². The predicted octanol–water partition coefficient (Wildman–Crippen LogP) is 2.46. The maximum atomic E-state index is 12.2. The number of esters is 3. The Kier molecular flexibility index (Phi) is 12.2. The van der Waals surface area contributed by atoms with E-state index in [2.05, 4.69) is 6.58 Å². The Morgan fingerprint density at radius 3 is 1.90 bits per heavy atom. The minimum atomic E-state index is -1.30. The second-order valence-corrected chi connectivity index (χ2v) is 9.83. The second-order valence-electron chi connectivity index (χ2n) is 9.83. The Bertz CT molecular complexity index is 1020. The topological polar surface area (TPSA) is 134 Å². The van der Waals surface area contributed by atoms with Crippen molar-refractivity contribution in [1.82, 2.24) is 0 Å². The zero-order valence-electron chi connectivity index (χ0n) is 24.3. The van der Waals surface area contributed by atoms with Gasteiger partial charge in [-0.05, 0) is 19.4 Å². The second kappa shape index (κ2) is 15.4. The van der Waals surface area contributed by atoms with Gasteiger partial charge in [-0.15, -0.1) is 6.58 Å². The van der Waals surface area contributed by atoms with Crippen molar-refractivity contribution in [3.8, 4) is 0 Å². The summed E-state index contributed by atoms with van der Waals surface area (Å²) in [5, 5.41) is 0. The maximum absolute atomic E-state index is 12.2. The fourth-order valence-corrected chi connectivity index (χ4v) is 4.90. The van der Waals surface area contributed by atoms with Gasteiger partial charge in [0.15, 0.2) is 30.9 Å². The molecule has 0 aromatic heterocycles. The highest BCUT2D eigenvalue weighted by atomic mass is 16.8. The molecule has 2 fully saturated rings. The van der Waals surface area contributed by atoms with Gasteiger partial charge in [0, 0.05) is 27.9 Å². The molecule has 10 atom stereocenters. The normalized spacial score (nSPS) is 33.4. The van der Waals surface area contributed by atoms with E-state index >= 15 is 0 Å². The Morgan fingerprint density at radius 1 is 0.756 bits per heavy atom. The highest BCUT2D eigenvalue weighted by molar-refractivity contribution is 5.68. The minimum Gasteiger partial charge on any atom is -0.456 e. The van der Waals surface area contributed by atoms with Crippen LogP contribution in [0, 0.1) is 0 Å². The van der Waals surface area contributed by atoms with E-state index in [1.807, 2.05) is 30.3 Å². The molecule has 41 heavy (non-hydrogen) atoms. The molecule has 0 amide bonds. The van der Waals surface area contributed by atoms with Crippen LogP contribution in [-0.4, -0.2) is 93.0 Å². The quantitative estimate of drug-likeness (QED) is 0.204. The van der Waals surface area contributed by atoms with Gasteiger partial charge < -0.3 is 42.6 Å². The third-order valence-electron chi connectivity index (χ3n) is 6.58. The molecule has 0 bridgehead atoms. The molecule has 12 heteroatoms. The third kappa shape index (κ3) is 8.81. The van der Waals surface area contributed by atoms with Crippen molar-refractivity contribution in [2.45, 2.75) is 103 Å². The van der Waals surface area contributed by atoms with Gasteiger partial charge in [-0.25, -0.2) is 0 Å². The predicted molar refractivity (Wildman–Crippen MR) is 142 cm³/mol. The summed E-state index contributed by atoms with van der Waals surface area (Å²) >= 11 is 0. The molecule has 2 heterocycles. The van der Waals surface area contributed by atoms with E-state index < -0.39 is 79.3 Å². The zero-order chi connectivity index (χ0) is 30.1. The SMILES string of the molecule is C=CCO[C@@H]1[C@@H](O[C@@H]2O[C@@H](C)[C@H](OC(C)=O)[C@@H](OC(C)=O)[C@H]2OC(C)=O)[C@@H](OCc2ccccc2)[C@H](OC)O[C@H]1C. The lowest BCUT2D eigenvalue weighted by atomic mass is 9.96. The Labute approximate surface area is 240 Å². The molecule has 0 saturated carbocycles. The average molecular weight is 581 g/mol. The van der Waals surface area contributed by atoms with Gasteiger partial charge in [-0.3, -0.25) is 14.4 Å². The summed E-state index contributed by atoms with van der Waals surface area (Å²) < 4.78 is 53.2. The number of benzene rings is 1. The lowest BCUT2D eigenvalue weighted by Gasteiger charge is -2.48. The van der Waals surface area contributed by atoms with E-state index in [9.17, 15) is 14.4 Å². The monoisotopic (exact) mass is 580 g/mol. The summed E-state index contributed by atoms with van der Waals surface area (Å²) in [6.07, 6.45) is -7.88. The molecule has 12 nitrogen and oxygen atoms in total. The number of hydrogen-bond acceptors (Lipinski definition) is 12. The van der Waals surface area contributed by atoms with E-state index in [1.54, 1.807) is 19.9 Å². The smallest absolute Gasteiger partial charge is 0.303 e. The Morgan fingerprint density at radius 2 is 1.32 bits per heavy atom. The van der Waals surface area contributed by atoms with Crippen LogP contribution in [0.1, 0.15) is 40.2 Å². The molecule has 3 rings (SSSR count). The first kappa shape index (κ1) is 32.6. The number of ether oxygens (including phenoxy) is 9. The van der Waals surface area contributed by atoms with E-state index in [0.29, 0.717) is 0 Å². The molecule has 0 radical (unpaired) electrons. The van der Waals surface area contributed by atoms with Gasteiger partial charge in [0.05, 0.1) is 25.4 Å². The molecule has 0 unspecified atom stereocenters. The molecular weight excluding hydrogens is 540 g/mol. The molecule has 2 aliphatic heterocycles. The van der Waals surface area contributed by atoms with Gasteiger partial charge in [0.25, 0.3) is 0 Å². The van der Waals surface area contributed by atoms with Crippen molar-refractivity contribution in [2.24, 2.45) is 0 Å². The average Bonchev–Trinajstić information content (AvgIpc) is 2.91.